The van der Waals surface area contributed by atoms with Crippen LogP contribution in [-0.2, 0) is 0 Å². The van der Waals surface area contributed by atoms with Crippen molar-refractivity contribution in [3.05, 3.63) is 0 Å². The predicted octanol–water partition coefficient (Wildman–Crippen LogP) is -0.326. The van der Waals surface area contributed by atoms with Gasteiger partial charge in [0.1, 0.15) is 5.84 Å². The molecule has 7 heavy (non-hydrogen) atoms. The van der Waals surface area contributed by atoms with Gasteiger partial charge in [-0.3, -0.25) is 9.98 Å². The van der Waals surface area contributed by atoms with Crippen LogP contribution in [0.25, 0.3) is 0 Å². The molecule has 0 fully saturated rings. The van der Waals surface area contributed by atoms with E-state index in [0.717, 1.165) is 0 Å². The van der Waals surface area contributed by atoms with Gasteiger partial charge in [-0.25, -0.2) is 0 Å². The maximum Gasteiger partial charge on any atom is 0.136 e. The molecular weight excluding hydrogens is 90.1 g/mol. The van der Waals surface area contributed by atoms with E-state index in [4.69, 9.17) is 5.73 Å². The smallest absolute Gasteiger partial charge is 0.136 e. The molecule has 0 aliphatic heterocycles. The molecule has 0 aromatic rings. The molecule has 0 aliphatic rings. The Hall–Kier alpha value is -0.860. The Morgan fingerprint density at radius 3 is 2.29 bits per heavy atom. The van der Waals surface area contributed by atoms with Crippen molar-refractivity contribution in [1.29, 1.82) is 0 Å². The van der Waals surface area contributed by atoms with E-state index in [-0.39, 0.29) is 0 Å². The Kier molecular flexibility index (Phi) is 2.92. The van der Waals surface area contributed by atoms with Crippen LogP contribution >= 0.6 is 0 Å². The summed E-state index contributed by atoms with van der Waals surface area (Å²) in [5.41, 5.74) is 5.18. The minimum atomic E-state index is 0.461. The molecule has 0 radical (unpaired) electrons. The molecule has 40 valence electrons. The Morgan fingerprint density at radius 1 is 1.57 bits per heavy atom. The van der Waals surface area contributed by atoms with E-state index in [9.17, 15) is 0 Å². The molecule has 0 saturated heterocycles. The van der Waals surface area contributed by atoms with Crippen LogP contribution in [0.15, 0.2) is 9.98 Å². The summed E-state index contributed by atoms with van der Waals surface area (Å²) < 4.78 is 0. The van der Waals surface area contributed by atoms with Gasteiger partial charge in [0.2, 0.25) is 0 Å². The van der Waals surface area contributed by atoms with Crippen LogP contribution in [0.3, 0.4) is 0 Å². The molecule has 0 bridgehead atoms. The first-order chi connectivity index (χ1) is 3.31. The summed E-state index contributed by atoms with van der Waals surface area (Å²) in [7, 11) is 3.27. The molecule has 0 atom stereocenters. The van der Waals surface area contributed by atoms with Gasteiger partial charge in [-0.2, -0.15) is 0 Å². The molecule has 0 saturated carbocycles. The van der Waals surface area contributed by atoms with Gasteiger partial charge in [-0.05, 0) is 0 Å². The first-order valence-corrected chi connectivity index (χ1v) is 1.95. The average molecular weight is 99.1 g/mol. The lowest BCUT2D eigenvalue weighted by Gasteiger charge is -1.81. The molecule has 2 N–H and O–H groups in total. The maximum absolute atomic E-state index is 5.18. The normalized spacial score (nSPS) is 13.1. The van der Waals surface area contributed by atoms with Crippen LogP contribution < -0.4 is 5.73 Å². The molecule has 0 unspecified atom stereocenters. The van der Waals surface area contributed by atoms with Gasteiger partial charge < -0.3 is 5.73 Å². The average Bonchev–Trinajstić information content (AvgIpc) is 1.68. The molecule has 0 heterocycles. The molecule has 0 spiro atoms. The highest BCUT2D eigenvalue weighted by Crippen LogP contribution is 1.56. The van der Waals surface area contributed by atoms with E-state index >= 15 is 0 Å². The summed E-state index contributed by atoms with van der Waals surface area (Å²) in [4.78, 5) is 7.25. The van der Waals surface area contributed by atoms with Crippen LogP contribution in [0.1, 0.15) is 0 Å². The van der Waals surface area contributed by atoms with Gasteiger partial charge in [-0.1, -0.05) is 0 Å². The second kappa shape index (κ2) is 3.33. The summed E-state index contributed by atoms with van der Waals surface area (Å²) >= 11 is 0. The number of rotatable bonds is 1. The van der Waals surface area contributed by atoms with Gasteiger partial charge in [0, 0.05) is 14.1 Å². The van der Waals surface area contributed by atoms with Crippen molar-refractivity contribution in [2.75, 3.05) is 14.1 Å². The number of hydrogen-bond acceptors (Lipinski definition) is 2. The van der Waals surface area contributed by atoms with Crippen molar-refractivity contribution < 1.29 is 0 Å². The zero-order valence-electron chi connectivity index (χ0n) is 4.55. The topological polar surface area (TPSA) is 50.7 Å². The molecule has 0 aromatic heterocycles. The Balaban J connectivity index is 3.58. The predicted molar refractivity (Wildman–Crippen MR) is 32.0 cm³/mol. The Labute approximate surface area is 43.0 Å². The molecule has 0 amide bonds. The third kappa shape index (κ3) is 2.96. The van der Waals surface area contributed by atoms with Crippen molar-refractivity contribution >= 4 is 12.1 Å². The quantitative estimate of drug-likeness (QED) is 0.355. The lowest BCUT2D eigenvalue weighted by molar-refractivity contribution is 1.41. The number of aliphatic imine (C=N–C) groups is 2. The first-order valence-electron chi connectivity index (χ1n) is 1.95. The minimum absolute atomic E-state index is 0.461. The molecular formula is C4H9N3. The standard InChI is InChI=1S/C4H9N3/c1-6-3-4(5)7-2/h3H,1-2H3,(H2,5,7)/b6-3-. The van der Waals surface area contributed by atoms with Gasteiger partial charge in [0.05, 0.1) is 6.21 Å². The maximum atomic E-state index is 5.18. The van der Waals surface area contributed by atoms with E-state index in [2.05, 4.69) is 9.98 Å². The molecule has 0 rings (SSSR count). The summed E-state index contributed by atoms with van der Waals surface area (Å²) in [5.74, 6) is 0.461. The van der Waals surface area contributed by atoms with Crippen molar-refractivity contribution in [2.24, 2.45) is 15.7 Å². The van der Waals surface area contributed by atoms with Crippen LogP contribution in [0.4, 0.5) is 0 Å². The van der Waals surface area contributed by atoms with Crippen LogP contribution in [0, 0.1) is 0 Å². The lowest BCUT2D eigenvalue weighted by Crippen LogP contribution is -2.11. The summed E-state index contributed by atoms with van der Waals surface area (Å²) in [6.07, 6.45) is 1.50. The number of nitrogens with zero attached hydrogens (tertiary/aromatic N) is 2. The third-order valence-electron chi connectivity index (χ3n) is 0.520. The largest absolute Gasteiger partial charge is 0.383 e. The SMILES string of the molecule is C/N=C\C(N)=N/C. The molecule has 3 nitrogen and oxygen atoms in total. The second-order valence-corrected chi connectivity index (χ2v) is 1.04. The van der Waals surface area contributed by atoms with Crippen molar-refractivity contribution in [3.8, 4) is 0 Å². The van der Waals surface area contributed by atoms with Gasteiger partial charge >= 0.3 is 0 Å². The zero-order valence-corrected chi connectivity index (χ0v) is 4.55. The minimum Gasteiger partial charge on any atom is -0.383 e. The fourth-order valence-corrected chi connectivity index (χ4v) is 0.190. The van der Waals surface area contributed by atoms with E-state index < -0.39 is 0 Å². The Morgan fingerprint density at radius 2 is 2.14 bits per heavy atom. The van der Waals surface area contributed by atoms with Crippen molar-refractivity contribution in [3.63, 3.8) is 0 Å². The summed E-state index contributed by atoms with van der Waals surface area (Å²) in [5, 5.41) is 0. The Bertz CT molecular complexity index is 93.1. The van der Waals surface area contributed by atoms with E-state index in [1.54, 1.807) is 14.1 Å². The second-order valence-electron chi connectivity index (χ2n) is 1.04. The van der Waals surface area contributed by atoms with Gasteiger partial charge in [0.25, 0.3) is 0 Å². The fourth-order valence-electron chi connectivity index (χ4n) is 0.190. The summed E-state index contributed by atoms with van der Waals surface area (Å²) in [6, 6.07) is 0. The van der Waals surface area contributed by atoms with Crippen LogP contribution in [-0.4, -0.2) is 26.1 Å². The highest BCUT2D eigenvalue weighted by atomic mass is 14.8. The number of hydrogen-bond donors (Lipinski definition) is 1. The van der Waals surface area contributed by atoms with E-state index in [1.165, 1.54) is 6.21 Å². The zero-order chi connectivity index (χ0) is 5.70. The van der Waals surface area contributed by atoms with Crippen LogP contribution in [0.2, 0.25) is 0 Å². The van der Waals surface area contributed by atoms with E-state index in [1.807, 2.05) is 0 Å². The summed E-state index contributed by atoms with van der Waals surface area (Å²) in [6.45, 7) is 0. The first kappa shape index (κ1) is 6.14. The fraction of sp³-hybridized carbons (Fsp3) is 0.500. The molecule has 0 aliphatic carbocycles. The number of nitrogens with two attached hydrogens (primary N) is 1. The van der Waals surface area contributed by atoms with Crippen LogP contribution in [0.5, 0.6) is 0 Å². The highest BCUT2D eigenvalue weighted by Gasteiger charge is 1.73. The third-order valence-corrected chi connectivity index (χ3v) is 0.520. The van der Waals surface area contributed by atoms with Gasteiger partial charge in [-0.15, -0.1) is 0 Å². The highest BCUT2D eigenvalue weighted by molar-refractivity contribution is 6.28. The van der Waals surface area contributed by atoms with Crippen molar-refractivity contribution in [2.45, 2.75) is 0 Å². The van der Waals surface area contributed by atoms with Crippen molar-refractivity contribution in [1.82, 2.24) is 0 Å². The monoisotopic (exact) mass is 99.1 g/mol. The van der Waals surface area contributed by atoms with Gasteiger partial charge in [0.15, 0.2) is 0 Å². The van der Waals surface area contributed by atoms with E-state index in [0.29, 0.717) is 5.84 Å². The number of amidine groups is 1. The molecule has 0 aromatic carbocycles. The molecule has 3 heteroatoms. The lowest BCUT2D eigenvalue weighted by atomic mass is 10.7.